The van der Waals surface area contributed by atoms with Gasteiger partial charge in [-0.2, -0.15) is 0 Å². The molecule has 0 bridgehead atoms. The summed E-state index contributed by atoms with van der Waals surface area (Å²) in [5.41, 5.74) is -0.0964. The third-order valence-electron chi connectivity index (χ3n) is 6.96. The van der Waals surface area contributed by atoms with Crippen molar-refractivity contribution in [2.75, 3.05) is 6.61 Å². The zero-order valence-electron chi connectivity index (χ0n) is 24.5. The molecule has 1 aliphatic carbocycles. The van der Waals surface area contributed by atoms with Crippen LogP contribution in [0.1, 0.15) is 92.9 Å². The highest BCUT2D eigenvalue weighted by atomic mass is 28.3. The Morgan fingerprint density at radius 1 is 1.11 bits per heavy atom. The van der Waals surface area contributed by atoms with Crippen LogP contribution in [0.5, 0.6) is 0 Å². The second-order valence-corrected chi connectivity index (χ2v) is 14.6. The van der Waals surface area contributed by atoms with E-state index < -0.39 is 9.04 Å². The van der Waals surface area contributed by atoms with Crippen molar-refractivity contribution in [3.8, 4) is 0 Å². The summed E-state index contributed by atoms with van der Waals surface area (Å²) in [7, 11) is -1.35. The quantitative estimate of drug-likeness (QED) is 0.124. The van der Waals surface area contributed by atoms with Crippen molar-refractivity contribution in [2.24, 2.45) is 17.3 Å². The van der Waals surface area contributed by atoms with Gasteiger partial charge in [0.15, 0.2) is 15.3 Å². The highest BCUT2D eigenvalue weighted by Gasteiger charge is 2.52. The van der Waals surface area contributed by atoms with Crippen LogP contribution in [-0.2, 0) is 33.0 Å². The fraction of sp³-hybridized carbons (Fsp3) is 0.862. The van der Waals surface area contributed by atoms with Crippen LogP contribution in [0.25, 0.3) is 0 Å². The van der Waals surface area contributed by atoms with Crippen LogP contribution in [-0.4, -0.2) is 58.3 Å². The lowest BCUT2D eigenvalue weighted by Gasteiger charge is -2.42. The van der Waals surface area contributed by atoms with Gasteiger partial charge in [-0.25, -0.2) is 0 Å². The van der Waals surface area contributed by atoms with Crippen molar-refractivity contribution in [3.63, 3.8) is 0 Å². The Bertz CT molecular complexity index is 724. The first-order valence-electron chi connectivity index (χ1n) is 14.3. The standard InChI is InChI=1S/C29H52O7Si/c1-20(2)33-25(31)16-12-10-9-11-15-22-23(34-21(3)30)19-24(35-26-17-13-14-18-32-26)27(22)28(29(4,5)6)36-37(7)8/h9,11,20,22-24,26-28,37H,10,12-19H2,1-8H3/t22-,23-,24+,26?,27+,28?/m0/s1. The van der Waals surface area contributed by atoms with E-state index in [1.54, 1.807) is 0 Å². The molecule has 8 heteroatoms. The monoisotopic (exact) mass is 540 g/mol. The maximum Gasteiger partial charge on any atom is 0.306 e. The number of rotatable bonds is 13. The van der Waals surface area contributed by atoms with E-state index in [1.807, 2.05) is 13.8 Å². The molecule has 37 heavy (non-hydrogen) atoms. The average Bonchev–Trinajstić information content (AvgIpc) is 3.09. The van der Waals surface area contributed by atoms with E-state index in [0.717, 1.165) is 45.1 Å². The molecule has 0 aromatic rings. The van der Waals surface area contributed by atoms with Gasteiger partial charge in [-0.3, -0.25) is 9.59 Å². The summed E-state index contributed by atoms with van der Waals surface area (Å²) in [6.07, 6.45) is 10.1. The predicted molar refractivity (Wildman–Crippen MR) is 148 cm³/mol. The first-order valence-corrected chi connectivity index (χ1v) is 17.1. The minimum atomic E-state index is -1.35. The number of carbonyl (C=O) groups is 2. The van der Waals surface area contributed by atoms with Crippen LogP contribution >= 0.6 is 0 Å². The van der Waals surface area contributed by atoms with Crippen molar-refractivity contribution in [1.82, 2.24) is 0 Å². The summed E-state index contributed by atoms with van der Waals surface area (Å²) < 4.78 is 30.4. The molecule has 0 aromatic carbocycles. The number of unbranched alkanes of at least 4 members (excludes halogenated alkanes) is 1. The van der Waals surface area contributed by atoms with Gasteiger partial charge in [-0.05, 0) is 70.9 Å². The summed E-state index contributed by atoms with van der Waals surface area (Å²) >= 11 is 0. The number of carbonyl (C=O) groups excluding carboxylic acids is 2. The molecule has 2 aliphatic rings. The summed E-state index contributed by atoms with van der Waals surface area (Å²) in [5.74, 6) is -0.253. The van der Waals surface area contributed by atoms with Gasteiger partial charge >= 0.3 is 11.9 Å². The van der Waals surface area contributed by atoms with E-state index in [4.69, 9.17) is 23.4 Å². The molecule has 0 amide bonds. The van der Waals surface area contributed by atoms with Gasteiger partial charge in [0.1, 0.15) is 6.10 Å². The number of hydrogen-bond donors (Lipinski definition) is 0. The Balaban J connectivity index is 2.21. The van der Waals surface area contributed by atoms with Crippen LogP contribution in [0, 0.1) is 17.3 Å². The fourth-order valence-corrected chi connectivity index (χ4v) is 6.72. The van der Waals surface area contributed by atoms with Gasteiger partial charge in [0.2, 0.25) is 0 Å². The molecule has 2 fully saturated rings. The van der Waals surface area contributed by atoms with E-state index in [9.17, 15) is 9.59 Å². The summed E-state index contributed by atoms with van der Waals surface area (Å²) in [4.78, 5) is 23.9. The molecule has 2 rings (SSSR count). The van der Waals surface area contributed by atoms with E-state index >= 15 is 0 Å². The van der Waals surface area contributed by atoms with Gasteiger partial charge in [0.25, 0.3) is 0 Å². The Hall–Kier alpha value is -1.22. The Labute approximate surface area is 226 Å². The molecule has 0 aromatic heterocycles. The third kappa shape index (κ3) is 11.2. The van der Waals surface area contributed by atoms with E-state index in [2.05, 4.69) is 46.0 Å². The predicted octanol–water partition coefficient (Wildman–Crippen LogP) is 5.95. The van der Waals surface area contributed by atoms with Gasteiger partial charge in [-0.15, -0.1) is 0 Å². The van der Waals surface area contributed by atoms with Crippen molar-refractivity contribution >= 4 is 21.0 Å². The van der Waals surface area contributed by atoms with Crippen LogP contribution in [0.4, 0.5) is 0 Å². The first-order chi connectivity index (χ1) is 17.4. The molecule has 1 heterocycles. The van der Waals surface area contributed by atoms with Gasteiger partial charge in [0.05, 0.1) is 18.3 Å². The smallest absolute Gasteiger partial charge is 0.306 e. The fourth-order valence-electron chi connectivity index (χ4n) is 5.54. The Morgan fingerprint density at radius 3 is 2.41 bits per heavy atom. The number of hydrogen-bond acceptors (Lipinski definition) is 7. The van der Waals surface area contributed by atoms with Gasteiger partial charge < -0.3 is 23.4 Å². The maximum atomic E-state index is 12.1. The molecule has 1 aliphatic heterocycles. The summed E-state index contributed by atoms with van der Waals surface area (Å²) in [6.45, 7) is 17.0. The highest BCUT2D eigenvalue weighted by molar-refractivity contribution is 6.48. The van der Waals surface area contributed by atoms with Crippen molar-refractivity contribution < 1.29 is 33.0 Å². The van der Waals surface area contributed by atoms with Crippen molar-refractivity contribution in [2.45, 2.75) is 137 Å². The van der Waals surface area contributed by atoms with E-state index in [0.29, 0.717) is 12.8 Å². The third-order valence-corrected chi connectivity index (χ3v) is 7.80. The SMILES string of the molecule is CC(=O)O[C@H]1C[C@@H](OC2CCCCO2)[C@H](C(O[SiH](C)C)C(C)(C)C)[C@H]1CC=CCCCC(=O)OC(C)C. The lowest BCUT2D eigenvalue weighted by atomic mass is 9.75. The largest absolute Gasteiger partial charge is 0.463 e. The topological polar surface area (TPSA) is 80.3 Å². The minimum absolute atomic E-state index is 0.0162. The van der Waals surface area contributed by atoms with Crippen LogP contribution in [0.15, 0.2) is 12.2 Å². The van der Waals surface area contributed by atoms with Crippen LogP contribution in [0.3, 0.4) is 0 Å². The number of esters is 2. The second kappa shape index (κ2) is 15.4. The first kappa shape index (κ1) is 32.0. The van der Waals surface area contributed by atoms with Gasteiger partial charge in [-0.1, -0.05) is 32.9 Å². The van der Waals surface area contributed by atoms with E-state index in [-0.39, 0.29) is 59.9 Å². The van der Waals surface area contributed by atoms with Crippen LogP contribution in [0.2, 0.25) is 13.1 Å². The van der Waals surface area contributed by atoms with Crippen molar-refractivity contribution in [1.29, 1.82) is 0 Å². The number of ether oxygens (including phenoxy) is 4. The zero-order chi connectivity index (χ0) is 27.6. The summed E-state index contributed by atoms with van der Waals surface area (Å²) in [5, 5.41) is 0. The Kier molecular flexibility index (Phi) is 13.3. The minimum Gasteiger partial charge on any atom is -0.463 e. The van der Waals surface area contributed by atoms with Crippen molar-refractivity contribution in [3.05, 3.63) is 12.2 Å². The molecule has 0 spiro atoms. The molecule has 214 valence electrons. The zero-order valence-corrected chi connectivity index (χ0v) is 25.6. The molecule has 1 saturated heterocycles. The van der Waals surface area contributed by atoms with E-state index in [1.165, 1.54) is 6.92 Å². The second-order valence-electron chi connectivity index (χ2n) is 12.2. The molecule has 1 saturated carbocycles. The molecule has 0 N–H and O–H groups in total. The molecule has 2 unspecified atom stereocenters. The van der Waals surface area contributed by atoms with Crippen LogP contribution < -0.4 is 0 Å². The molecule has 6 atom stereocenters. The summed E-state index contributed by atoms with van der Waals surface area (Å²) in [6, 6.07) is 0. The maximum absolute atomic E-state index is 12.1. The van der Waals surface area contributed by atoms with Gasteiger partial charge in [0, 0.05) is 38.2 Å². The lowest BCUT2D eigenvalue weighted by molar-refractivity contribution is -0.205. The highest BCUT2D eigenvalue weighted by Crippen LogP contribution is 2.47. The lowest BCUT2D eigenvalue weighted by Crippen LogP contribution is -2.47. The number of allylic oxidation sites excluding steroid dienone is 2. The Morgan fingerprint density at radius 2 is 1.84 bits per heavy atom. The molecule has 7 nitrogen and oxygen atoms in total. The average molecular weight is 541 g/mol. The normalized spacial score (nSPS) is 27.7. The molecular formula is C29H52O7Si. The molecular weight excluding hydrogens is 488 g/mol. The molecule has 0 radical (unpaired) electrons.